The average Bonchev–Trinajstić information content (AvgIpc) is 3.47. The van der Waals surface area contributed by atoms with Crippen LogP contribution in [-0.2, 0) is 17.1 Å². The summed E-state index contributed by atoms with van der Waals surface area (Å²) >= 11 is 0. The molecule has 5 rings (SSSR count). The summed E-state index contributed by atoms with van der Waals surface area (Å²) in [5.74, 6) is 0.941. The minimum absolute atomic E-state index is 0. The van der Waals surface area contributed by atoms with Gasteiger partial charge in [-0.1, -0.05) is 42.5 Å². The van der Waals surface area contributed by atoms with Crippen LogP contribution < -0.4 is 0 Å². The Labute approximate surface area is 184 Å². The maximum atomic E-state index is 12.7. The minimum Gasteiger partial charge on any atom is -0.289 e. The third-order valence-corrected chi connectivity index (χ3v) is 4.66. The predicted octanol–water partition coefficient (Wildman–Crippen LogP) is 4.90. The Bertz CT molecular complexity index is 895. The van der Waals surface area contributed by atoms with E-state index in [0.29, 0.717) is 22.3 Å². The van der Waals surface area contributed by atoms with E-state index in [1.807, 2.05) is 76.0 Å². The summed E-state index contributed by atoms with van der Waals surface area (Å²) in [7, 11) is 0. The van der Waals surface area contributed by atoms with Crippen molar-refractivity contribution < 1.29 is 26.7 Å². The zero-order valence-electron chi connectivity index (χ0n) is 15.6. The van der Waals surface area contributed by atoms with Gasteiger partial charge in [0.05, 0.1) is 0 Å². The molecule has 2 aromatic carbocycles. The number of carbonyl (C=O) groups excluding carboxylic acids is 2. The zero-order chi connectivity index (χ0) is 19.3. The van der Waals surface area contributed by atoms with E-state index in [2.05, 4.69) is 0 Å². The number of carbonyl (C=O) groups is 2. The standard InChI is InChI=1S/C21H13O2.C5H5.Fe/c22-20-16-7-3-4-8-17(16)21(23)19-13-15(11-12-18(19)20)10-9-14-5-1-2-6-14;1-2-4-5-3-1;/h1-13H;1-5H;/q;;+2/b10-9+;;. The first-order valence-electron chi connectivity index (χ1n) is 9.13. The third kappa shape index (κ3) is 4.97. The van der Waals surface area contributed by atoms with Crippen LogP contribution in [0.3, 0.4) is 0 Å². The molecule has 0 amide bonds. The van der Waals surface area contributed by atoms with Gasteiger partial charge in [0, 0.05) is 28.2 Å². The monoisotopic (exact) mass is 418 g/mol. The quantitative estimate of drug-likeness (QED) is 0.555. The second kappa shape index (κ2) is 10.2. The van der Waals surface area contributed by atoms with Crippen molar-refractivity contribution in [1.29, 1.82) is 0 Å². The molecule has 2 aromatic rings. The van der Waals surface area contributed by atoms with Gasteiger partial charge in [-0.25, -0.2) is 0 Å². The van der Waals surface area contributed by atoms with Crippen molar-refractivity contribution in [2.75, 3.05) is 0 Å². The summed E-state index contributed by atoms with van der Waals surface area (Å²) < 4.78 is 0. The van der Waals surface area contributed by atoms with E-state index in [1.54, 1.807) is 36.4 Å². The van der Waals surface area contributed by atoms with E-state index >= 15 is 0 Å². The largest absolute Gasteiger partial charge is 2.00 e. The van der Waals surface area contributed by atoms with E-state index in [0.717, 1.165) is 11.5 Å². The Morgan fingerprint density at radius 3 is 1.66 bits per heavy atom. The van der Waals surface area contributed by atoms with Crippen molar-refractivity contribution in [3.05, 3.63) is 140 Å². The molecule has 0 unspecified atom stereocenters. The van der Waals surface area contributed by atoms with E-state index in [4.69, 9.17) is 0 Å². The molecular formula is C26H18FeO2+2. The number of hydrogen-bond acceptors (Lipinski definition) is 2. The summed E-state index contributed by atoms with van der Waals surface area (Å²) in [5, 5.41) is 0. The van der Waals surface area contributed by atoms with Gasteiger partial charge in [0.15, 0.2) is 11.6 Å². The predicted molar refractivity (Wildman–Crippen MR) is 111 cm³/mol. The molecule has 0 atom stereocenters. The third-order valence-electron chi connectivity index (χ3n) is 4.66. The van der Waals surface area contributed by atoms with Gasteiger partial charge in [0.1, 0.15) is 0 Å². The van der Waals surface area contributed by atoms with Crippen molar-refractivity contribution in [3.63, 3.8) is 0 Å². The molecule has 2 saturated carbocycles. The van der Waals surface area contributed by atoms with Gasteiger partial charge >= 0.3 is 17.1 Å². The number of hydrogen-bond donors (Lipinski definition) is 0. The number of ketones is 2. The van der Waals surface area contributed by atoms with Crippen LogP contribution in [0.1, 0.15) is 37.4 Å². The van der Waals surface area contributed by atoms with Crippen molar-refractivity contribution in [2.45, 2.75) is 0 Å². The Hall–Kier alpha value is -1.96. The zero-order valence-corrected chi connectivity index (χ0v) is 16.7. The molecule has 10 radical (unpaired) electrons. The summed E-state index contributed by atoms with van der Waals surface area (Å²) in [6, 6.07) is 12.4. The molecule has 2 fully saturated rings. The van der Waals surface area contributed by atoms with Gasteiger partial charge in [-0.3, -0.25) is 9.59 Å². The van der Waals surface area contributed by atoms with Crippen LogP contribution >= 0.6 is 0 Å². The first-order valence-corrected chi connectivity index (χ1v) is 9.13. The molecule has 0 N–H and O–H groups in total. The van der Waals surface area contributed by atoms with Gasteiger partial charge in [0.25, 0.3) is 0 Å². The molecule has 3 heteroatoms. The molecule has 0 saturated heterocycles. The second-order valence-electron chi connectivity index (χ2n) is 6.52. The first kappa shape index (κ1) is 21.7. The molecule has 0 spiro atoms. The van der Waals surface area contributed by atoms with E-state index in [-0.39, 0.29) is 28.6 Å². The topological polar surface area (TPSA) is 34.1 Å². The maximum Gasteiger partial charge on any atom is 2.00 e. The van der Waals surface area contributed by atoms with Crippen LogP contribution in [0.25, 0.3) is 6.08 Å². The first-order chi connectivity index (χ1) is 13.7. The Balaban J connectivity index is 0.000000352. The van der Waals surface area contributed by atoms with Crippen molar-refractivity contribution in [1.82, 2.24) is 0 Å². The fourth-order valence-electron chi connectivity index (χ4n) is 3.23. The molecule has 140 valence electrons. The SMILES string of the molecule is O=C1c2ccccc2C(=O)c2cc(/C=C/[C]3[CH][CH][CH][CH]3)ccc21.[CH]1[CH][CH][CH][CH]1.[Fe+2]. The van der Waals surface area contributed by atoms with Crippen molar-refractivity contribution in [2.24, 2.45) is 0 Å². The summed E-state index contributed by atoms with van der Waals surface area (Å²) in [6.07, 6.45) is 21.9. The normalized spacial score (nSPS) is 18.1. The van der Waals surface area contributed by atoms with E-state index < -0.39 is 0 Å². The van der Waals surface area contributed by atoms with Gasteiger partial charge in [-0.2, -0.15) is 0 Å². The molecule has 2 nitrogen and oxygen atoms in total. The van der Waals surface area contributed by atoms with Crippen molar-refractivity contribution in [3.8, 4) is 0 Å². The van der Waals surface area contributed by atoms with Crippen molar-refractivity contribution >= 4 is 17.6 Å². The van der Waals surface area contributed by atoms with Gasteiger partial charge in [-0.15, -0.1) is 0 Å². The number of allylic oxidation sites excluding steroid dienone is 1. The van der Waals surface area contributed by atoms with Crippen LogP contribution in [0.5, 0.6) is 0 Å². The summed E-state index contributed by atoms with van der Waals surface area (Å²) in [4.78, 5) is 25.2. The summed E-state index contributed by atoms with van der Waals surface area (Å²) in [6.45, 7) is 0. The van der Waals surface area contributed by atoms with Gasteiger partial charge in [0.2, 0.25) is 0 Å². The molecule has 29 heavy (non-hydrogen) atoms. The second-order valence-corrected chi connectivity index (χ2v) is 6.52. The summed E-state index contributed by atoms with van der Waals surface area (Å²) in [5.41, 5.74) is 2.86. The Kier molecular flexibility index (Phi) is 7.63. The number of rotatable bonds is 2. The molecule has 0 bridgehead atoms. The number of fused-ring (bicyclic) bond motifs is 2. The van der Waals surface area contributed by atoms with Crippen LogP contribution in [0, 0.1) is 63.7 Å². The molecule has 0 heterocycles. The smallest absolute Gasteiger partial charge is 0.289 e. The van der Waals surface area contributed by atoms with Crippen LogP contribution in [0.4, 0.5) is 0 Å². The molecule has 0 aliphatic heterocycles. The number of benzene rings is 2. The van der Waals surface area contributed by atoms with Gasteiger partial charge < -0.3 is 0 Å². The van der Waals surface area contributed by atoms with Crippen LogP contribution in [0.15, 0.2) is 48.5 Å². The van der Waals surface area contributed by atoms with E-state index in [9.17, 15) is 9.59 Å². The molecule has 0 aromatic heterocycles. The van der Waals surface area contributed by atoms with Crippen LogP contribution in [0.2, 0.25) is 0 Å². The maximum absolute atomic E-state index is 12.7. The fourth-order valence-corrected chi connectivity index (χ4v) is 3.23. The van der Waals surface area contributed by atoms with E-state index in [1.165, 1.54) is 0 Å². The Morgan fingerprint density at radius 2 is 1.07 bits per heavy atom. The Morgan fingerprint density at radius 1 is 0.552 bits per heavy atom. The molecular weight excluding hydrogens is 400 g/mol. The van der Waals surface area contributed by atoms with Gasteiger partial charge in [-0.05, 0) is 75.5 Å². The minimum atomic E-state index is -0.0845. The molecule has 3 aliphatic carbocycles. The fraction of sp³-hybridized carbons (Fsp3) is 0. The average molecular weight is 418 g/mol. The van der Waals surface area contributed by atoms with Crippen LogP contribution in [-0.4, -0.2) is 11.6 Å². The molecule has 3 aliphatic rings.